The van der Waals surface area contributed by atoms with Crippen LogP contribution in [0.2, 0.25) is 87.6 Å². The number of hydrogen-bond acceptors (Lipinski definition) is 14. The number of nitrogens with one attached hydrogen (secondary N) is 4. The molecule has 0 saturated heterocycles. The Morgan fingerprint density at radius 2 is 0.806 bits per heavy atom. The molecule has 0 spiro atoms. The summed E-state index contributed by atoms with van der Waals surface area (Å²) in [6.07, 6.45) is 16.9. The van der Waals surface area contributed by atoms with Crippen molar-refractivity contribution in [1.29, 1.82) is 0 Å². The third-order valence-corrected chi connectivity index (χ3v) is 34.8. The van der Waals surface area contributed by atoms with E-state index in [0.717, 1.165) is 108 Å². The largest absolute Gasteiger partial charge is 0.462 e. The van der Waals surface area contributed by atoms with Gasteiger partial charge in [-0.15, -0.1) is 0 Å². The van der Waals surface area contributed by atoms with Crippen molar-refractivity contribution in [2.45, 2.75) is 318 Å². The van der Waals surface area contributed by atoms with E-state index in [4.69, 9.17) is 37.3 Å². The molecule has 0 unspecified atom stereocenters. The number of carbonyl (C=O) groups is 6. The number of hydrogen-bond donors (Lipinski definition) is 4. The van der Waals surface area contributed by atoms with E-state index in [2.05, 4.69) is 170 Å². The van der Waals surface area contributed by atoms with Crippen LogP contribution >= 0.6 is 0 Å². The molecule has 0 heterocycles. The first kappa shape index (κ1) is 89.4. The number of unbranched alkanes of at least 4 members (excludes halogenated alkanes) is 9. The highest BCUT2D eigenvalue weighted by molar-refractivity contribution is 6.80. The van der Waals surface area contributed by atoms with E-state index in [1.54, 1.807) is 13.8 Å². The molecule has 4 N–H and O–H groups in total. The molecule has 0 aliphatic carbocycles. The molecule has 0 aromatic heterocycles. The SMILES string of the molecule is C=C(C)C(=O)OCCCCC[Si](C)(C)OC(C)(C)C(C)(C)CCCCC(C)(C)[Si](C)(C)CCCCOC(=O)NCNC(=O)OCC(=O)NCCCCCNC(=O)OCCCC[Si](C)(C)OC(C)(C)C(C)(C)C(C)(C)CCCC[Si](C)(C)CCCCOCOC(=O)C(=C)C. The van der Waals surface area contributed by atoms with Gasteiger partial charge in [0, 0.05) is 32.3 Å². The van der Waals surface area contributed by atoms with Gasteiger partial charge in [0.25, 0.3) is 5.91 Å². The van der Waals surface area contributed by atoms with Crippen LogP contribution in [-0.4, -0.2) is 140 Å². The van der Waals surface area contributed by atoms with E-state index >= 15 is 0 Å². The van der Waals surface area contributed by atoms with Crippen LogP contribution < -0.4 is 21.3 Å². The van der Waals surface area contributed by atoms with Crippen LogP contribution in [0.5, 0.6) is 0 Å². The maximum atomic E-state index is 12.4. The highest BCUT2D eigenvalue weighted by Gasteiger charge is 2.50. The Kier molecular flexibility index (Phi) is 41.3. The minimum Gasteiger partial charge on any atom is -0.462 e. The molecule has 0 radical (unpaired) electrons. The van der Waals surface area contributed by atoms with Gasteiger partial charge in [-0.05, 0) is 159 Å². The Morgan fingerprint density at radius 1 is 0.398 bits per heavy atom. The molecule has 0 aromatic rings. The van der Waals surface area contributed by atoms with Crippen LogP contribution in [0.15, 0.2) is 24.3 Å². The van der Waals surface area contributed by atoms with Gasteiger partial charge in [-0.1, -0.05) is 177 Å². The molecule has 0 aliphatic heterocycles. The second-order valence-electron chi connectivity index (χ2n) is 32.5. The molecule has 0 atom stereocenters. The lowest BCUT2D eigenvalue weighted by Gasteiger charge is -2.54. The Balaban J connectivity index is 4.29. The molecule has 18 nitrogen and oxygen atoms in total. The Hall–Kier alpha value is -3.55. The van der Waals surface area contributed by atoms with Crippen molar-refractivity contribution >= 4 is 68.9 Å². The van der Waals surface area contributed by atoms with E-state index in [1.807, 2.05) is 0 Å². The van der Waals surface area contributed by atoms with E-state index in [1.165, 1.54) is 37.8 Å². The number of carbonyl (C=O) groups excluding carboxylic acids is 6. The number of alkyl carbamates (subject to hydrolysis) is 3. The first-order valence-electron chi connectivity index (χ1n) is 35.4. The molecule has 0 fully saturated rings. The van der Waals surface area contributed by atoms with Gasteiger partial charge in [0.05, 0.1) is 52.4 Å². The standard InChI is InChI=1S/C71H140N4O14Si4/c1-58(2)61(77)83-47-32-26-36-53-92(21,22)88-70(13,14)67(7,8)42-27-28-43-68(9,10)91(19,20)52-39-34-48-85-64(80)74-56-75-65(81)86-55-60(76)72-44-30-25-31-45-73-63(79)84-49-35-40-54-93(23,24)89-71(15,16)69(11,12)66(5,6)41-29-37-50-90(17,18)51-38-33-46-82-57-87-62(78)59(3)4/h1,3,25-57H2,2,4-24H3,(H,72,76)(H,73,79)(H,74,80)(H,75,81). The molecule has 0 saturated carbocycles. The quantitative estimate of drug-likeness (QED) is 0.0111. The lowest BCUT2D eigenvalue weighted by Crippen LogP contribution is -2.55. The average molecular weight is 1390 g/mol. The van der Waals surface area contributed by atoms with Crippen molar-refractivity contribution in [2.75, 3.05) is 59.6 Å². The average Bonchev–Trinajstić information content (AvgIpc) is 0.771. The van der Waals surface area contributed by atoms with Crippen LogP contribution in [0.25, 0.3) is 0 Å². The predicted molar refractivity (Wildman–Crippen MR) is 391 cm³/mol. The van der Waals surface area contributed by atoms with Crippen LogP contribution in [-0.2, 0) is 51.7 Å². The second kappa shape index (κ2) is 43.0. The highest BCUT2D eigenvalue weighted by Crippen LogP contribution is 2.52. The zero-order chi connectivity index (χ0) is 71.4. The van der Waals surface area contributed by atoms with Crippen molar-refractivity contribution in [3.63, 3.8) is 0 Å². The third-order valence-electron chi connectivity index (χ3n) is 20.6. The third kappa shape index (κ3) is 38.8. The fraction of sp³-hybridized carbons (Fsp3) is 0.859. The summed E-state index contributed by atoms with van der Waals surface area (Å²) in [7, 11) is -6.89. The van der Waals surface area contributed by atoms with Gasteiger partial charge in [0.15, 0.2) is 30.0 Å². The summed E-state index contributed by atoms with van der Waals surface area (Å²) < 4.78 is 45.6. The van der Waals surface area contributed by atoms with E-state index in [-0.39, 0.29) is 58.5 Å². The maximum absolute atomic E-state index is 12.4. The number of ether oxygens (including phenoxy) is 6. The highest BCUT2D eigenvalue weighted by atomic mass is 28.4. The molecular weight excluding hydrogens is 1250 g/mol. The zero-order valence-electron chi connectivity index (χ0n) is 63.5. The van der Waals surface area contributed by atoms with Gasteiger partial charge in [-0.2, -0.15) is 0 Å². The molecule has 0 aromatic carbocycles. The molecule has 4 amide bonds. The smallest absolute Gasteiger partial charge is 0.409 e. The van der Waals surface area contributed by atoms with Crippen molar-refractivity contribution in [2.24, 2.45) is 16.2 Å². The molecular formula is C71H140N4O14Si4. The van der Waals surface area contributed by atoms with Crippen LogP contribution in [0.1, 0.15) is 219 Å². The Labute approximate surface area is 571 Å². The van der Waals surface area contributed by atoms with Gasteiger partial charge in [0.1, 0.15) is 0 Å². The van der Waals surface area contributed by atoms with E-state index < -0.39 is 69.5 Å². The normalized spacial score (nSPS) is 13.0. The summed E-state index contributed by atoms with van der Waals surface area (Å²) in [5, 5.41) is 10.7. The van der Waals surface area contributed by atoms with Crippen LogP contribution in [0.3, 0.4) is 0 Å². The summed E-state index contributed by atoms with van der Waals surface area (Å²) in [5.74, 6) is -1.17. The monoisotopic (exact) mass is 1380 g/mol. The summed E-state index contributed by atoms with van der Waals surface area (Å²) in [6, 6.07) is 5.77. The topological polar surface area (TPSA) is 224 Å². The Morgan fingerprint density at radius 3 is 1.38 bits per heavy atom. The van der Waals surface area contributed by atoms with Crippen molar-refractivity contribution < 1.29 is 66.0 Å². The van der Waals surface area contributed by atoms with Crippen molar-refractivity contribution in [3.05, 3.63) is 24.3 Å². The van der Waals surface area contributed by atoms with Gasteiger partial charge < -0.3 is 58.5 Å². The number of rotatable bonds is 53. The van der Waals surface area contributed by atoms with Gasteiger partial charge in [-0.25, -0.2) is 24.0 Å². The van der Waals surface area contributed by atoms with Gasteiger partial charge in [0.2, 0.25) is 0 Å². The summed E-state index contributed by atoms with van der Waals surface area (Å²) in [6.45, 7) is 59.6. The Bertz CT molecular complexity index is 2250. The lowest BCUT2D eigenvalue weighted by molar-refractivity contribution is -0.151. The summed E-state index contributed by atoms with van der Waals surface area (Å²) >= 11 is 0. The minimum atomic E-state index is -2.05. The zero-order valence-corrected chi connectivity index (χ0v) is 67.5. The summed E-state index contributed by atoms with van der Waals surface area (Å²) in [4.78, 5) is 72.3. The van der Waals surface area contributed by atoms with E-state index in [0.29, 0.717) is 50.5 Å². The maximum Gasteiger partial charge on any atom is 0.409 e. The van der Waals surface area contributed by atoms with Gasteiger partial charge >= 0.3 is 30.2 Å². The molecule has 0 aliphatic rings. The van der Waals surface area contributed by atoms with Crippen LogP contribution in [0, 0.1) is 16.2 Å². The van der Waals surface area contributed by atoms with E-state index in [9.17, 15) is 28.8 Å². The molecule has 93 heavy (non-hydrogen) atoms. The van der Waals surface area contributed by atoms with Gasteiger partial charge in [-0.3, -0.25) is 4.79 Å². The first-order valence-corrected chi connectivity index (χ1v) is 48.2. The molecule has 22 heteroatoms. The van der Waals surface area contributed by atoms with Crippen molar-refractivity contribution in [3.8, 4) is 0 Å². The second-order valence-corrected chi connectivity index (χ2v) is 51.9. The molecule has 0 bridgehead atoms. The number of amides is 4. The fourth-order valence-corrected chi connectivity index (χ4v) is 22.5. The molecule has 0 rings (SSSR count). The predicted octanol–water partition coefficient (Wildman–Crippen LogP) is 18.1. The van der Waals surface area contributed by atoms with Crippen LogP contribution in [0.4, 0.5) is 14.4 Å². The lowest BCUT2D eigenvalue weighted by atomic mass is 9.58. The first-order chi connectivity index (χ1) is 42.8. The number of esters is 2. The fourth-order valence-electron chi connectivity index (χ4n) is 11.5. The van der Waals surface area contributed by atoms with Crippen molar-refractivity contribution in [1.82, 2.24) is 21.3 Å². The molecule has 544 valence electrons. The summed E-state index contributed by atoms with van der Waals surface area (Å²) in [5.41, 5.74) is 0.252. The minimum absolute atomic E-state index is 0.0147.